The molecule has 0 atom stereocenters. The van der Waals surface area contributed by atoms with E-state index in [1.807, 2.05) is 20.8 Å². The van der Waals surface area contributed by atoms with Crippen LogP contribution < -0.4 is 4.90 Å². The number of ether oxygens (including phenoxy) is 1. The Morgan fingerprint density at radius 3 is 2.50 bits per heavy atom. The molecule has 0 N–H and O–H groups in total. The van der Waals surface area contributed by atoms with Crippen molar-refractivity contribution in [3.05, 3.63) is 10.7 Å². The van der Waals surface area contributed by atoms with Crippen LogP contribution in [0.1, 0.15) is 20.8 Å². The van der Waals surface area contributed by atoms with Gasteiger partial charge in [-0.2, -0.15) is 5.10 Å². The molecule has 6 heteroatoms. The summed E-state index contributed by atoms with van der Waals surface area (Å²) in [6.07, 6.45) is 1.23. The Balaban J connectivity index is 2.87. The lowest BCUT2D eigenvalue weighted by atomic mass is 10.2. The molecule has 0 bridgehead atoms. The summed E-state index contributed by atoms with van der Waals surface area (Å²) in [4.78, 5) is 13.2. The maximum Gasteiger partial charge on any atom is 0.415 e. The second-order valence-corrected chi connectivity index (χ2v) is 5.33. The maximum absolute atomic E-state index is 11.8. The van der Waals surface area contributed by atoms with Gasteiger partial charge in [0.1, 0.15) is 11.4 Å². The van der Waals surface area contributed by atoms with Gasteiger partial charge >= 0.3 is 6.09 Å². The van der Waals surface area contributed by atoms with Crippen molar-refractivity contribution in [1.82, 2.24) is 9.78 Å². The smallest absolute Gasteiger partial charge is 0.415 e. The molecule has 0 radical (unpaired) electrons. The van der Waals surface area contributed by atoms with Gasteiger partial charge in [-0.1, -0.05) is 0 Å². The van der Waals surface area contributed by atoms with E-state index < -0.39 is 11.7 Å². The van der Waals surface area contributed by atoms with Crippen LogP contribution in [0.3, 0.4) is 0 Å². The molecule has 0 aliphatic rings. The number of aryl methyl sites for hydroxylation is 1. The number of nitrogens with zero attached hydrogens (tertiary/aromatic N) is 3. The summed E-state index contributed by atoms with van der Waals surface area (Å²) in [6.45, 7) is 5.49. The van der Waals surface area contributed by atoms with Gasteiger partial charge in [0.05, 0.1) is 10.7 Å². The highest BCUT2D eigenvalue weighted by Gasteiger charge is 2.23. The zero-order valence-corrected chi connectivity index (χ0v) is 11.7. The van der Waals surface area contributed by atoms with Gasteiger partial charge < -0.3 is 4.74 Å². The summed E-state index contributed by atoms with van der Waals surface area (Å²) in [5.74, 6) is 0.661. The van der Waals surface area contributed by atoms with Crippen LogP contribution >= 0.6 is 15.9 Å². The first-order valence-corrected chi connectivity index (χ1v) is 5.66. The zero-order valence-electron chi connectivity index (χ0n) is 10.1. The van der Waals surface area contributed by atoms with Gasteiger partial charge in [0, 0.05) is 14.1 Å². The van der Waals surface area contributed by atoms with Crippen molar-refractivity contribution in [1.29, 1.82) is 0 Å². The molecule has 1 heterocycles. The SMILES string of the molecule is CN(C(=O)OC(C)(C)C)c1c(Br)cnn1C. The van der Waals surface area contributed by atoms with E-state index in [9.17, 15) is 4.79 Å². The van der Waals surface area contributed by atoms with Crippen LogP contribution in [0.15, 0.2) is 10.7 Å². The van der Waals surface area contributed by atoms with Crippen molar-refractivity contribution < 1.29 is 9.53 Å². The molecular weight excluding hydrogens is 274 g/mol. The van der Waals surface area contributed by atoms with E-state index in [1.165, 1.54) is 4.90 Å². The highest BCUT2D eigenvalue weighted by molar-refractivity contribution is 9.10. The second kappa shape index (κ2) is 4.45. The Hall–Kier alpha value is -1.04. The monoisotopic (exact) mass is 289 g/mol. The average Bonchev–Trinajstić information content (AvgIpc) is 2.42. The normalized spacial score (nSPS) is 11.4. The van der Waals surface area contributed by atoms with E-state index in [-0.39, 0.29) is 0 Å². The molecule has 5 nitrogen and oxygen atoms in total. The molecule has 0 fully saturated rings. The van der Waals surface area contributed by atoms with Crippen LogP contribution in [0.5, 0.6) is 0 Å². The second-order valence-electron chi connectivity index (χ2n) is 4.48. The van der Waals surface area contributed by atoms with E-state index in [0.717, 1.165) is 4.47 Å². The molecule has 0 unspecified atom stereocenters. The number of aromatic nitrogens is 2. The average molecular weight is 290 g/mol. The summed E-state index contributed by atoms with van der Waals surface area (Å²) in [5.41, 5.74) is -0.504. The Morgan fingerprint density at radius 1 is 1.56 bits per heavy atom. The minimum absolute atomic E-state index is 0.406. The van der Waals surface area contributed by atoms with E-state index in [0.29, 0.717) is 5.82 Å². The fourth-order valence-electron chi connectivity index (χ4n) is 1.20. The molecule has 0 saturated heterocycles. The van der Waals surface area contributed by atoms with Gasteiger partial charge in [-0.05, 0) is 36.7 Å². The molecular formula is C10H16BrN3O2. The van der Waals surface area contributed by atoms with Gasteiger partial charge in [0.25, 0.3) is 0 Å². The Labute approximate surface area is 103 Å². The van der Waals surface area contributed by atoms with Crippen molar-refractivity contribution >= 4 is 27.8 Å². The maximum atomic E-state index is 11.8. The first-order valence-electron chi connectivity index (χ1n) is 4.86. The van der Waals surface area contributed by atoms with Crippen LogP contribution in [0.25, 0.3) is 0 Å². The molecule has 0 aliphatic carbocycles. The van der Waals surface area contributed by atoms with Crippen molar-refractivity contribution in [3.63, 3.8) is 0 Å². The van der Waals surface area contributed by atoms with Crippen LogP contribution in [0, 0.1) is 0 Å². The lowest BCUT2D eigenvalue weighted by Crippen LogP contribution is -2.35. The quantitative estimate of drug-likeness (QED) is 0.798. The van der Waals surface area contributed by atoms with Crippen LogP contribution in [-0.4, -0.2) is 28.5 Å². The summed E-state index contributed by atoms with van der Waals surface area (Å²) in [6, 6.07) is 0. The molecule has 0 spiro atoms. The lowest BCUT2D eigenvalue weighted by molar-refractivity contribution is 0.0587. The number of anilines is 1. The summed E-state index contributed by atoms with van der Waals surface area (Å²) < 4.78 is 7.62. The third kappa shape index (κ3) is 2.98. The fourth-order valence-corrected chi connectivity index (χ4v) is 1.81. The molecule has 0 saturated carbocycles. The minimum Gasteiger partial charge on any atom is -0.443 e. The number of rotatable bonds is 1. The number of amides is 1. The van der Waals surface area contributed by atoms with E-state index >= 15 is 0 Å². The summed E-state index contributed by atoms with van der Waals surface area (Å²) >= 11 is 3.33. The predicted octanol–water partition coefficient (Wildman–Crippen LogP) is 2.55. The van der Waals surface area contributed by atoms with Gasteiger partial charge in [0.15, 0.2) is 0 Å². The Bertz CT molecular complexity index is 376. The number of carbonyl (C=O) groups excluding carboxylic acids is 1. The zero-order chi connectivity index (χ0) is 12.5. The van der Waals surface area contributed by atoms with E-state index in [4.69, 9.17) is 4.74 Å². The fraction of sp³-hybridized carbons (Fsp3) is 0.600. The van der Waals surface area contributed by atoms with Crippen LogP contribution in [-0.2, 0) is 11.8 Å². The van der Waals surface area contributed by atoms with Crippen molar-refractivity contribution in [2.75, 3.05) is 11.9 Å². The Kier molecular flexibility index (Phi) is 3.62. The minimum atomic E-state index is -0.504. The Morgan fingerprint density at radius 2 is 2.12 bits per heavy atom. The first kappa shape index (κ1) is 13.0. The largest absolute Gasteiger partial charge is 0.443 e. The number of carbonyl (C=O) groups is 1. The third-order valence-corrected chi connectivity index (χ3v) is 2.41. The number of hydrogen-bond donors (Lipinski definition) is 0. The standard InChI is InChI=1S/C10H16BrN3O2/c1-10(2,3)16-9(15)13(4)8-7(11)6-12-14(8)5/h6H,1-5H3. The van der Waals surface area contributed by atoms with Crippen molar-refractivity contribution in [3.8, 4) is 0 Å². The number of hydrogen-bond acceptors (Lipinski definition) is 3. The number of halogens is 1. The van der Waals surface area contributed by atoms with Crippen molar-refractivity contribution in [2.45, 2.75) is 26.4 Å². The lowest BCUT2D eigenvalue weighted by Gasteiger charge is -2.24. The predicted molar refractivity (Wildman–Crippen MR) is 65.5 cm³/mol. The van der Waals surface area contributed by atoms with E-state index in [2.05, 4.69) is 21.0 Å². The summed E-state index contributed by atoms with van der Waals surface area (Å²) in [5, 5.41) is 4.04. The van der Waals surface area contributed by atoms with Crippen LogP contribution in [0.2, 0.25) is 0 Å². The molecule has 1 rings (SSSR count). The van der Waals surface area contributed by atoms with Crippen LogP contribution in [0.4, 0.5) is 10.6 Å². The summed E-state index contributed by atoms with van der Waals surface area (Å²) in [7, 11) is 3.41. The van der Waals surface area contributed by atoms with Gasteiger partial charge in [-0.3, -0.25) is 9.58 Å². The molecule has 16 heavy (non-hydrogen) atoms. The third-order valence-electron chi connectivity index (χ3n) is 1.85. The molecule has 1 aromatic heterocycles. The molecule has 1 amide bonds. The van der Waals surface area contributed by atoms with Gasteiger partial charge in [-0.15, -0.1) is 0 Å². The molecule has 0 aromatic carbocycles. The molecule has 0 aliphatic heterocycles. The highest BCUT2D eigenvalue weighted by Crippen LogP contribution is 2.25. The molecule has 90 valence electrons. The topological polar surface area (TPSA) is 47.4 Å². The highest BCUT2D eigenvalue weighted by atomic mass is 79.9. The first-order chi connectivity index (χ1) is 7.22. The molecule has 1 aromatic rings. The van der Waals surface area contributed by atoms with E-state index in [1.54, 1.807) is 25.0 Å². The van der Waals surface area contributed by atoms with Gasteiger partial charge in [0.2, 0.25) is 0 Å². The van der Waals surface area contributed by atoms with Crippen molar-refractivity contribution in [2.24, 2.45) is 7.05 Å². The van der Waals surface area contributed by atoms with Gasteiger partial charge in [-0.25, -0.2) is 4.79 Å².